The SMILES string of the molecule is Cc1cc(OC(F)P)c(C(=O)O)cc1OC1CCC(C)(C(=O)OCc2cccc3ccccc23)CC1. The predicted octanol–water partition coefficient (Wildman–Crippen LogP) is 6.42. The number of esters is 1. The zero-order valence-corrected chi connectivity index (χ0v) is 21.5. The number of carboxylic acid groups (broad SMARTS) is 1. The minimum atomic E-state index is -1.72. The summed E-state index contributed by atoms with van der Waals surface area (Å²) in [6.45, 7) is 3.89. The van der Waals surface area contributed by atoms with Gasteiger partial charge in [0.15, 0.2) is 0 Å². The number of carbonyl (C=O) groups excluding carboxylic acids is 1. The lowest BCUT2D eigenvalue weighted by Crippen LogP contribution is -2.37. The summed E-state index contributed by atoms with van der Waals surface area (Å²) in [5.41, 5.74) is 0.833. The molecule has 3 aromatic carbocycles. The summed E-state index contributed by atoms with van der Waals surface area (Å²) in [5, 5.41) is 11.7. The molecule has 0 aliphatic heterocycles. The first kappa shape index (κ1) is 25.9. The smallest absolute Gasteiger partial charge is 0.339 e. The van der Waals surface area contributed by atoms with Gasteiger partial charge in [-0.25, -0.2) is 4.79 Å². The molecule has 1 aliphatic rings. The van der Waals surface area contributed by atoms with E-state index in [1.807, 2.05) is 58.6 Å². The van der Waals surface area contributed by atoms with Crippen molar-refractivity contribution in [2.45, 2.75) is 58.3 Å². The molecule has 1 aliphatic carbocycles. The van der Waals surface area contributed by atoms with Crippen LogP contribution >= 0.6 is 9.24 Å². The van der Waals surface area contributed by atoms with Crippen LogP contribution in [0, 0.1) is 12.3 Å². The largest absolute Gasteiger partial charge is 0.490 e. The molecule has 0 radical (unpaired) electrons. The molecule has 6 nitrogen and oxygen atoms in total. The van der Waals surface area contributed by atoms with Crippen molar-refractivity contribution in [1.82, 2.24) is 0 Å². The van der Waals surface area contributed by atoms with E-state index in [1.54, 1.807) is 6.92 Å². The number of aromatic carboxylic acids is 1. The summed E-state index contributed by atoms with van der Waals surface area (Å²) >= 11 is 0. The van der Waals surface area contributed by atoms with Gasteiger partial charge in [0.05, 0.1) is 11.5 Å². The summed E-state index contributed by atoms with van der Waals surface area (Å²) in [4.78, 5) is 24.7. The Morgan fingerprint density at radius 3 is 2.50 bits per heavy atom. The van der Waals surface area contributed by atoms with Crippen LogP contribution in [0.3, 0.4) is 0 Å². The molecule has 0 saturated heterocycles. The van der Waals surface area contributed by atoms with Gasteiger partial charge in [0.2, 0.25) is 6.10 Å². The molecule has 4 rings (SSSR count). The molecule has 0 heterocycles. The zero-order valence-electron chi connectivity index (χ0n) is 20.3. The second-order valence-electron chi connectivity index (χ2n) is 9.48. The molecule has 3 aromatic rings. The first-order valence-electron chi connectivity index (χ1n) is 11.9. The highest BCUT2D eigenvalue weighted by atomic mass is 31.0. The van der Waals surface area contributed by atoms with Gasteiger partial charge < -0.3 is 19.3 Å². The lowest BCUT2D eigenvalue weighted by atomic mass is 9.74. The Balaban J connectivity index is 1.38. The molecule has 0 spiro atoms. The first-order chi connectivity index (χ1) is 17.2. The zero-order chi connectivity index (χ0) is 25.9. The number of carboxylic acids is 1. The number of ether oxygens (including phenoxy) is 3. The summed E-state index contributed by atoms with van der Waals surface area (Å²) in [5.74, 6) is -1.10. The molecule has 0 aromatic heterocycles. The Labute approximate surface area is 211 Å². The molecule has 0 amide bonds. The van der Waals surface area contributed by atoms with Crippen molar-refractivity contribution in [3.63, 3.8) is 0 Å². The van der Waals surface area contributed by atoms with E-state index in [0.717, 1.165) is 16.3 Å². The standard InChI is InChI=1S/C28H30FO6P/c1-17-14-24(35-27(29)36)22(25(30)31)15-23(17)34-20-10-12-28(2,13-11-20)26(32)33-16-19-8-5-7-18-6-3-4-9-21(18)19/h3-9,14-15,20,27H,10-13,16,36H2,1-2H3,(H,30,31). The molecule has 1 fully saturated rings. The molecule has 36 heavy (non-hydrogen) atoms. The normalized spacial score (nSPS) is 20.5. The van der Waals surface area contributed by atoms with Crippen LogP contribution < -0.4 is 9.47 Å². The Bertz CT molecular complexity index is 1260. The number of rotatable bonds is 8. The van der Waals surface area contributed by atoms with Gasteiger partial charge in [0, 0.05) is 0 Å². The average Bonchev–Trinajstić information content (AvgIpc) is 2.85. The number of halogens is 1. The van der Waals surface area contributed by atoms with E-state index in [9.17, 15) is 19.1 Å². The van der Waals surface area contributed by atoms with E-state index in [1.165, 1.54) is 12.1 Å². The molecule has 190 valence electrons. The lowest BCUT2D eigenvalue weighted by molar-refractivity contribution is -0.159. The van der Waals surface area contributed by atoms with Gasteiger partial charge in [-0.15, -0.1) is 0 Å². The number of alkyl halides is 1. The molecule has 2 unspecified atom stereocenters. The third-order valence-corrected chi connectivity index (χ3v) is 6.94. The highest BCUT2D eigenvalue weighted by molar-refractivity contribution is 7.16. The van der Waals surface area contributed by atoms with E-state index < -0.39 is 17.5 Å². The summed E-state index contributed by atoms with van der Waals surface area (Å²) in [7, 11) is 1.83. The second-order valence-corrected chi connectivity index (χ2v) is 10.0. The maximum absolute atomic E-state index is 13.3. The molecule has 1 saturated carbocycles. The third-order valence-electron chi connectivity index (χ3n) is 6.81. The van der Waals surface area contributed by atoms with Crippen LogP contribution in [0.25, 0.3) is 10.8 Å². The van der Waals surface area contributed by atoms with Gasteiger partial charge in [-0.3, -0.25) is 4.79 Å². The van der Waals surface area contributed by atoms with Crippen LogP contribution in [0.5, 0.6) is 11.5 Å². The van der Waals surface area contributed by atoms with Crippen LogP contribution in [-0.2, 0) is 16.1 Å². The van der Waals surface area contributed by atoms with Crippen molar-refractivity contribution in [2.75, 3.05) is 0 Å². The average molecular weight is 513 g/mol. The van der Waals surface area contributed by atoms with Crippen LogP contribution in [0.2, 0.25) is 0 Å². The number of carbonyl (C=O) groups is 2. The second kappa shape index (κ2) is 10.8. The predicted molar refractivity (Wildman–Crippen MR) is 138 cm³/mol. The highest BCUT2D eigenvalue weighted by Gasteiger charge is 2.39. The Morgan fingerprint density at radius 1 is 1.11 bits per heavy atom. The van der Waals surface area contributed by atoms with Crippen LogP contribution in [0.1, 0.15) is 54.1 Å². The number of hydrogen-bond acceptors (Lipinski definition) is 5. The van der Waals surface area contributed by atoms with Gasteiger partial charge in [-0.1, -0.05) is 51.7 Å². The fourth-order valence-corrected chi connectivity index (χ4v) is 4.79. The van der Waals surface area contributed by atoms with Gasteiger partial charge in [0.25, 0.3) is 0 Å². The molecular weight excluding hydrogens is 482 g/mol. The van der Waals surface area contributed by atoms with Gasteiger partial charge >= 0.3 is 11.9 Å². The summed E-state index contributed by atoms with van der Waals surface area (Å²) in [6, 6.07) is 16.8. The fraction of sp³-hybridized carbons (Fsp3) is 0.357. The fourth-order valence-electron chi connectivity index (χ4n) is 4.64. The van der Waals surface area contributed by atoms with Crippen LogP contribution in [-0.4, -0.2) is 29.2 Å². The maximum atomic E-state index is 13.3. The minimum absolute atomic E-state index is 0.0555. The van der Waals surface area contributed by atoms with Crippen molar-refractivity contribution in [2.24, 2.45) is 5.41 Å². The van der Waals surface area contributed by atoms with Crippen molar-refractivity contribution in [3.05, 3.63) is 71.3 Å². The number of benzene rings is 3. The Kier molecular flexibility index (Phi) is 7.79. The molecule has 0 bridgehead atoms. The molecule has 2 atom stereocenters. The summed E-state index contributed by atoms with van der Waals surface area (Å²) < 4.78 is 30.1. The number of hydrogen-bond donors (Lipinski definition) is 1. The van der Waals surface area contributed by atoms with E-state index in [-0.39, 0.29) is 30.0 Å². The Hall–Kier alpha value is -3.18. The molecule has 1 N–H and O–H groups in total. The van der Waals surface area contributed by atoms with Gasteiger partial charge in [-0.2, -0.15) is 4.39 Å². The molecule has 8 heteroatoms. The van der Waals surface area contributed by atoms with Crippen LogP contribution in [0.4, 0.5) is 4.39 Å². The summed E-state index contributed by atoms with van der Waals surface area (Å²) in [6.07, 6.45) is 0.539. The Morgan fingerprint density at radius 2 is 1.81 bits per heavy atom. The first-order valence-corrected chi connectivity index (χ1v) is 12.6. The topological polar surface area (TPSA) is 82.1 Å². The highest BCUT2D eigenvalue weighted by Crippen LogP contribution is 2.40. The van der Waals surface area contributed by atoms with E-state index in [4.69, 9.17) is 14.2 Å². The van der Waals surface area contributed by atoms with Crippen molar-refractivity contribution in [3.8, 4) is 11.5 Å². The monoisotopic (exact) mass is 512 g/mol. The van der Waals surface area contributed by atoms with Gasteiger partial charge in [-0.05, 0) is 73.6 Å². The van der Waals surface area contributed by atoms with Crippen molar-refractivity contribution in [1.29, 1.82) is 0 Å². The van der Waals surface area contributed by atoms with Crippen molar-refractivity contribution >= 4 is 32.0 Å². The number of fused-ring (bicyclic) bond motifs is 1. The van der Waals surface area contributed by atoms with E-state index in [0.29, 0.717) is 37.0 Å². The third kappa shape index (κ3) is 5.79. The minimum Gasteiger partial charge on any atom is -0.490 e. The van der Waals surface area contributed by atoms with Gasteiger partial charge in [0.1, 0.15) is 23.7 Å². The van der Waals surface area contributed by atoms with E-state index in [2.05, 4.69) is 0 Å². The quantitative estimate of drug-likeness (QED) is 0.277. The lowest BCUT2D eigenvalue weighted by Gasteiger charge is -2.35. The van der Waals surface area contributed by atoms with Crippen LogP contribution in [0.15, 0.2) is 54.6 Å². The maximum Gasteiger partial charge on any atom is 0.339 e. The number of aryl methyl sites for hydroxylation is 1. The van der Waals surface area contributed by atoms with Crippen molar-refractivity contribution < 1.29 is 33.3 Å². The van der Waals surface area contributed by atoms with E-state index >= 15 is 0 Å². The molecular formula is C28H30FO6P.